The van der Waals surface area contributed by atoms with Crippen LogP contribution in [-0.2, 0) is 6.18 Å². The van der Waals surface area contributed by atoms with Crippen molar-refractivity contribution >= 4 is 17.7 Å². The Kier molecular flexibility index (Phi) is 4.54. The number of hydrogen-bond acceptors (Lipinski definition) is 2. The van der Waals surface area contributed by atoms with Crippen LogP contribution in [0.5, 0.6) is 0 Å². The van der Waals surface area contributed by atoms with Crippen LogP contribution in [0.3, 0.4) is 0 Å². The molecule has 7 heteroatoms. The third-order valence-corrected chi connectivity index (χ3v) is 5.01. The molecule has 0 N–H and O–H groups in total. The molecule has 0 aromatic heterocycles. The fourth-order valence-electron chi connectivity index (χ4n) is 2.58. The zero-order valence-corrected chi connectivity index (χ0v) is 13.2. The van der Waals surface area contributed by atoms with Gasteiger partial charge < -0.3 is 4.90 Å². The molecule has 2 aromatic rings. The highest BCUT2D eigenvalue weighted by molar-refractivity contribution is 7.99. The second-order valence-corrected chi connectivity index (χ2v) is 6.54. The van der Waals surface area contributed by atoms with Crippen LogP contribution in [0.15, 0.2) is 48.5 Å². The molecular weight excluding hydrogens is 342 g/mol. The highest BCUT2D eigenvalue weighted by Gasteiger charge is 2.33. The summed E-state index contributed by atoms with van der Waals surface area (Å²) in [6.07, 6.45) is -4.44. The third kappa shape index (κ3) is 3.40. The van der Waals surface area contributed by atoms with Crippen LogP contribution < -0.4 is 0 Å². The number of benzene rings is 2. The zero-order valence-electron chi connectivity index (χ0n) is 12.4. The van der Waals surface area contributed by atoms with E-state index in [4.69, 9.17) is 0 Å². The second-order valence-electron chi connectivity index (χ2n) is 5.35. The van der Waals surface area contributed by atoms with E-state index in [1.807, 2.05) is 0 Å². The van der Waals surface area contributed by atoms with Gasteiger partial charge >= 0.3 is 6.18 Å². The molecule has 1 aliphatic rings. The summed E-state index contributed by atoms with van der Waals surface area (Å²) >= 11 is 1.50. The molecule has 0 radical (unpaired) electrons. The molecule has 0 bridgehead atoms. The fraction of sp³-hybridized carbons (Fsp3) is 0.235. The molecule has 1 heterocycles. The minimum absolute atomic E-state index is 0.187. The summed E-state index contributed by atoms with van der Waals surface area (Å²) in [6, 6.07) is 10.2. The van der Waals surface area contributed by atoms with Gasteiger partial charge in [-0.25, -0.2) is 4.39 Å². The Hall–Kier alpha value is -2.02. The number of rotatable bonds is 2. The van der Waals surface area contributed by atoms with E-state index in [9.17, 15) is 22.4 Å². The topological polar surface area (TPSA) is 20.3 Å². The average Bonchev–Trinajstić information content (AvgIpc) is 3.03. The van der Waals surface area contributed by atoms with Crippen molar-refractivity contribution in [2.75, 3.05) is 12.3 Å². The smallest absolute Gasteiger partial charge is 0.322 e. The summed E-state index contributed by atoms with van der Waals surface area (Å²) in [5.74, 6) is -0.0574. The first kappa shape index (κ1) is 16.8. The van der Waals surface area contributed by atoms with Crippen molar-refractivity contribution in [3.63, 3.8) is 0 Å². The van der Waals surface area contributed by atoms with Gasteiger partial charge in [0.25, 0.3) is 5.91 Å². The van der Waals surface area contributed by atoms with E-state index >= 15 is 0 Å². The lowest BCUT2D eigenvalue weighted by Crippen LogP contribution is -2.30. The molecule has 0 unspecified atom stereocenters. The summed E-state index contributed by atoms with van der Waals surface area (Å²) < 4.78 is 51.2. The van der Waals surface area contributed by atoms with E-state index in [0.29, 0.717) is 17.9 Å². The Morgan fingerprint density at radius 2 is 1.83 bits per heavy atom. The van der Waals surface area contributed by atoms with Crippen LogP contribution in [0.2, 0.25) is 0 Å². The Morgan fingerprint density at radius 1 is 1.12 bits per heavy atom. The highest BCUT2D eigenvalue weighted by Crippen LogP contribution is 2.39. The quantitative estimate of drug-likeness (QED) is 0.726. The van der Waals surface area contributed by atoms with Gasteiger partial charge in [-0.15, -0.1) is 11.8 Å². The molecule has 1 aliphatic heterocycles. The Labute approximate surface area is 140 Å². The van der Waals surface area contributed by atoms with Crippen molar-refractivity contribution in [2.24, 2.45) is 0 Å². The third-order valence-electron chi connectivity index (χ3n) is 3.74. The lowest BCUT2D eigenvalue weighted by Gasteiger charge is -2.24. The van der Waals surface area contributed by atoms with Gasteiger partial charge in [0.1, 0.15) is 11.2 Å². The number of thioether (sulfide) groups is 1. The SMILES string of the molecule is O=C(c1ccc(C(F)(F)F)cc1)N1CCS[C@H]1c1cccc(F)c1. The minimum Gasteiger partial charge on any atom is -0.322 e. The molecule has 2 aromatic carbocycles. The normalized spacial score (nSPS) is 18.0. The van der Waals surface area contributed by atoms with Gasteiger partial charge in [0.15, 0.2) is 0 Å². The Bertz CT molecular complexity index is 745. The van der Waals surface area contributed by atoms with E-state index in [0.717, 1.165) is 12.1 Å². The molecule has 1 atom stereocenters. The highest BCUT2D eigenvalue weighted by atomic mass is 32.2. The minimum atomic E-state index is -4.44. The first-order chi connectivity index (χ1) is 11.4. The molecule has 1 saturated heterocycles. The Balaban J connectivity index is 1.83. The Morgan fingerprint density at radius 3 is 2.46 bits per heavy atom. The maximum atomic E-state index is 13.4. The summed E-state index contributed by atoms with van der Waals surface area (Å²) in [6.45, 7) is 0.464. The molecule has 0 spiro atoms. The van der Waals surface area contributed by atoms with Gasteiger partial charge in [0.05, 0.1) is 5.56 Å². The van der Waals surface area contributed by atoms with E-state index < -0.39 is 11.7 Å². The van der Waals surface area contributed by atoms with Gasteiger partial charge in [-0.05, 0) is 42.0 Å². The van der Waals surface area contributed by atoms with Gasteiger partial charge in [-0.3, -0.25) is 4.79 Å². The molecule has 1 fully saturated rings. The van der Waals surface area contributed by atoms with Crippen molar-refractivity contribution in [2.45, 2.75) is 11.6 Å². The molecular formula is C17H13F4NOS. The van der Waals surface area contributed by atoms with E-state index in [2.05, 4.69) is 0 Å². The fourth-order valence-corrected chi connectivity index (χ4v) is 3.83. The molecule has 0 aliphatic carbocycles. The molecule has 126 valence electrons. The lowest BCUT2D eigenvalue weighted by molar-refractivity contribution is -0.137. The number of amides is 1. The van der Waals surface area contributed by atoms with Crippen molar-refractivity contribution in [3.8, 4) is 0 Å². The maximum Gasteiger partial charge on any atom is 0.416 e. The van der Waals surface area contributed by atoms with Crippen molar-refractivity contribution in [3.05, 3.63) is 71.0 Å². The number of hydrogen-bond donors (Lipinski definition) is 0. The van der Waals surface area contributed by atoms with E-state index in [-0.39, 0.29) is 22.7 Å². The molecule has 1 amide bonds. The van der Waals surface area contributed by atoms with Gasteiger partial charge in [0, 0.05) is 17.9 Å². The number of halogens is 4. The average molecular weight is 355 g/mol. The van der Waals surface area contributed by atoms with Crippen LogP contribution in [0.4, 0.5) is 17.6 Å². The van der Waals surface area contributed by atoms with Crippen LogP contribution >= 0.6 is 11.8 Å². The van der Waals surface area contributed by atoms with E-state index in [1.54, 1.807) is 17.0 Å². The summed E-state index contributed by atoms with van der Waals surface area (Å²) in [5, 5.41) is -0.338. The van der Waals surface area contributed by atoms with Crippen LogP contribution in [0.1, 0.15) is 26.9 Å². The van der Waals surface area contributed by atoms with Gasteiger partial charge in [0.2, 0.25) is 0 Å². The molecule has 0 saturated carbocycles. The molecule has 3 rings (SSSR count). The van der Waals surface area contributed by atoms with Gasteiger partial charge in [-0.2, -0.15) is 13.2 Å². The first-order valence-electron chi connectivity index (χ1n) is 7.21. The molecule has 2 nitrogen and oxygen atoms in total. The predicted octanol–water partition coefficient (Wildman–Crippen LogP) is 4.73. The summed E-state index contributed by atoms with van der Waals surface area (Å²) in [5.41, 5.74) is 0.0567. The monoisotopic (exact) mass is 355 g/mol. The van der Waals surface area contributed by atoms with Crippen molar-refractivity contribution in [1.29, 1.82) is 0 Å². The second kappa shape index (κ2) is 6.47. The lowest BCUT2D eigenvalue weighted by atomic mass is 10.1. The maximum absolute atomic E-state index is 13.4. The summed E-state index contributed by atoms with van der Waals surface area (Å²) in [4.78, 5) is 14.2. The zero-order chi connectivity index (χ0) is 17.3. The number of carbonyl (C=O) groups excluding carboxylic acids is 1. The summed E-state index contributed by atoms with van der Waals surface area (Å²) in [7, 11) is 0. The van der Waals surface area contributed by atoms with Crippen LogP contribution in [0.25, 0.3) is 0 Å². The largest absolute Gasteiger partial charge is 0.416 e. The van der Waals surface area contributed by atoms with Crippen LogP contribution in [-0.4, -0.2) is 23.1 Å². The standard InChI is InChI=1S/C17H13F4NOS/c18-14-3-1-2-12(10-14)16-22(8-9-24-16)15(23)11-4-6-13(7-5-11)17(19,20)21/h1-7,10,16H,8-9H2/t16-/m0/s1. The van der Waals surface area contributed by atoms with Gasteiger partial charge in [-0.1, -0.05) is 12.1 Å². The number of nitrogens with zero attached hydrogens (tertiary/aromatic N) is 1. The predicted molar refractivity (Wildman–Crippen MR) is 84.1 cm³/mol. The number of alkyl halides is 3. The molecule has 24 heavy (non-hydrogen) atoms. The number of carbonyl (C=O) groups is 1. The van der Waals surface area contributed by atoms with Crippen molar-refractivity contribution < 1.29 is 22.4 Å². The van der Waals surface area contributed by atoms with Crippen LogP contribution in [0, 0.1) is 5.82 Å². The van der Waals surface area contributed by atoms with E-state index in [1.165, 1.54) is 36.0 Å². The van der Waals surface area contributed by atoms with Crippen molar-refractivity contribution in [1.82, 2.24) is 4.90 Å². The first-order valence-corrected chi connectivity index (χ1v) is 8.26.